The zero-order chi connectivity index (χ0) is 10.1. The van der Waals surface area contributed by atoms with Crippen molar-refractivity contribution in [3.63, 3.8) is 0 Å². The Kier molecular flexibility index (Phi) is 3.05. The van der Waals surface area contributed by atoms with Gasteiger partial charge >= 0.3 is 0 Å². The van der Waals surface area contributed by atoms with Crippen LogP contribution in [0, 0.1) is 5.92 Å². The van der Waals surface area contributed by atoms with Gasteiger partial charge in [-0.25, -0.2) is 0 Å². The summed E-state index contributed by atoms with van der Waals surface area (Å²) in [6.45, 7) is 4.51. The summed E-state index contributed by atoms with van der Waals surface area (Å²) in [5, 5.41) is 4.60. The summed E-state index contributed by atoms with van der Waals surface area (Å²) in [5.74, 6) is 0.918. The molecule has 1 saturated carbocycles. The van der Waals surface area contributed by atoms with Crippen molar-refractivity contribution in [1.29, 1.82) is 0 Å². The molecule has 1 N–H and O–H groups in total. The Morgan fingerprint density at radius 1 is 1.43 bits per heavy atom. The summed E-state index contributed by atoms with van der Waals surface area (Å²) in [7, 11) is 0. The number of hydrogen-bond acceptors (Lipinski definition) is 2. The molecule has 0 aromatic heterocycles. The second-order valence-corrected chi connectivity index (χ2v) is 6.64. The van der Waals surface area contributed by atoms with Crippen LogP contribution >= 0.6 is 11.8 Å². The van der Waals surface area contributed by atoms with E-state index in [9.17, 15) is 4.79 Å². The fraction of sp³-hybridized carbons (Fsp3) is 0.909. The van der Waals surface area contributed by atoms with E-state index in [-0.39, 0.29) is 5.91 Å². The van der Waals surface area contributed by atoms with E-state index in [2.05, 4.69) is 30.9 Å². The maximum atomic E-state index is 11.2. The van der Waals surface area contributed by atoms with Crippen molar-refractivity contribution in [2.24, 2.45) is 5.92 Å². The Hall–Kier alpha value is -0.180. The fourth-order valence-corrected chi connectivity index (χ4v) is 3.99. The highest BCUT2D eigenvalue weighted by Gasteiger charge is 2.37. The largest absolute Gasteiger partial charge is 0.353 e. The molecular formula is C11H19NOS. The van der Waals surface area contributed by atoms with Crippen LogP contribution in [0.3, 0.4) is 0 Å². The smallest absolute Gasteiger partial charge is 0.220 e. The second kappa shape index (κ2) is 4.13. The van der Waals surface area contributed by atoms with Crippen molar-refractivity contribution in [3.05, 3.63) is 0 Å². The molecule has 0 spiro atoms. The minimum absolute atomic E-state index is 0.273. The summed E-state index contributed by atoms with van der Waals surface area (Å²) in [6.07, 6.45) is 4.52. The predicted molar refractivity (Wildman–Crippen MR) is 60.4 cm³/mol. The molecule has 1 saturated heterocycles. The maximum absolute atomic E-state index is 11.2. The van der Waals surface area contributed by atoms with Crippen LogP contribution in [0.25, 0.3) is 0 Å². The number of amides is 1. The minimum atomic E-state index is 0.273. The average Bonchev–Trinajstić information content (AvgIpc) is 2.42. The van der Waals surface area contributed by atoms with Crippen LogP contribution in [0.4, 0.5) is 0 Å². The van der Waals surface area contributed by atoms with E-state index in [1.807, 2.05) is 0 Å². The van der Waals surface area contributed by atoms with E-state index >= 15 is 0 Å². The van der Waals surface area contributed by atoms with Crippen molar-refractivity contribution in [2.75, 3.05) is 0 Å². The summed E-state index contributed by atoms with van der Waals surface area (Å²) in [4.78, 5) is 11.2. The first-order chi connectivity index (χ1) is 6.65. The van der Waals surface area contributed by atoms with Gasteiger partial charge in [-0.1, -0.05) is 13.8 Å². The number of fused-ring (bicyclic) bond motifs is 1. The van der Waals surface area contributed by atoms with Crippen LogP contribution < -0.4 is 5.32 Å². The Morgan fingerprint density at radius 2 is 2.21 bits per heavy atom. The van der Waals surface area contributed by atoms with Crippen LogP contribution in [0.15, 0.2) is 0 Å². The van der Waals surface area contributed by atoms with Gasteiger partial charge in [-0.15, -0.1) is 0 Å². The highest BCUT2D eigenvalue weighted by Crippen LogP contribution is 2.37. The lowest BCUT2D eigenvalue weighted by molar-refractivity contribution is -0.119. The van der Waals surface area contributed by atoms with E-state index in [0.29, 0.717) is 17.2 Å². The first-order valence-corrected chi connectivity index (χ1v) is 6.54. The number of carbonyl (C=O) groups is 1. The molecule has 1 amide bonds. The van der Waals surface area contributed by atoms with Crippen molar-refractivity contribution in [2.45, 2.75) is 56.1 Å². The van der Waals surface area contributed by atoms with Crippen molar-refractivity contribution in [1.82, 2.24) is 5.32 Å². The Morgan fingerprint density at radius 3 is 2.93 bits per heavy atom. The maximum Gasteiger partial charge on any atom is 0.220 e. The number of hydrogen-bond donors (Lipinski definition) is 1. The van der Waals surface area contributed by atoms with Gasteiger partial charge in [-0.3, -0.25) is 4.79 Å². The third kappa shape index (κ3) is 2.25. The molecule has 2 fully saturated rings. The van der Waals surface area contributed by atoms with Gasteiger partial charge in [0.1, 0.15) is 0 Å². The Bertz CT molecular complexity index is 229. The molecular weight excluding hydrogens is 194 g/mol. The van der Waals surface area contributed by atoms with Crippen LogP contribution in [0.1, 0.15) is 39.5 Å². The van der Waals surface area contributed by atoms with E-state index in [4.69, 9.17) is 0 Å². The molecule has 14 heavy (non-hydrogen) atoms. The van der Waals surface area contributed by atoms with E-state index in [1.54, 1.807) is 0 Å². The molecule has 0 aromatic carbocycles. The molecule has 2 aliphatic rings. The first kappa shape index (κ1) is 10.3. The van der Waals surface area contributed by atoms with E-state index in [1.165, 1.54) is 19.3 Å². The molecule has 1 aliphatic carbocycles. The molecule has 1 heterocycles. The van der Waals surface area contributed by atoms with Crippen molar-refractivity contribution >= 4 is 17.7 Å². The predicted octanol–water partition coefficient (Wildman–Crippen LogP) is 2.19. The molecule has 3 heteroatoms. The lowest BCUT2D eigenvalue weighted by Gasteiger charge is -2.31. The summed E-state index contributed by atoms with van der Waals surface area (Å²) < 4.78 is 0. The van der Waals surface area contributed by atoms with Gasteiger partial charge in [-0.2, -0.15) is 11.8 Å². The molecule has 0 aromatic rings. The molecule has 80 valence electrons. The standard InChI is InChI=1S/C11H19NOS/c1-7(2)14-9-4-3-8-5-11(13)12-10(8)6-9/h7-10H,3-6H2,1-2H3,(H,12,13). The third-order valence-corrected chi connectivity index (χ3v) is 4.56. The van der Waals surface area contributed by atoms with Gasteiger partial charge in [0.15, 0.2) is 0 Å². The average molecular weight is 213 g/mol. The summed E-state index contributed by atoms with van der Waals surface area (Å²) in [5.41, 5.74) is 0. The highest BCUT2D eigenvalue weighted by atomic mass is 32.2. The van der Waals surface area contributed by atoms with Crippen LogP contribution in [0.2, 0.25) is 0 Å². The zero-order valence-corrected chi connectivity index (χ0v) is 9.77. The number of nitrogens with one attached hydrogen (secondary N) is 1. The number of thioether (sulfide) groups is 1. The molecule has 3 atom stereocenters. The third-order valence-electron chi connectivity index (χ3n) is 3.20. The van der Waals surface area contributed by atoms with Crippen LogP contribution in [-0.2, 0) is 4.79 Å². The molecule has 1 aliphatic heterocycles. The van der Waals surface area contributed by atoms with Crippen LogP contribution in [0.5, 0.6) is 0 Å². The van der Waals surface area contributed by atoms with Gasteiger partial charge in [0, 0.05) is 17.7 Å². The van der Waals surface area contributed by atoms with Gasteiger partial charge in [-0.05, 0) is 30.4 Å². The molecule has 0 radical (unpaired) electrons. The Balaban J connectivity index is 1.88. The quantitative estimate of drug-likeness (QED) is 0.762. The summed E-state index contributed by atoms with van der Waals surface area (Å²) >= 11 is 2.07. The highest BCUT2D eigenvalue weighted by molar-refractivity contribution is 8.00. The van der Waals surface area contributed by atoms with E-state index in [0.717, 1.165) is 11.7 Å². The molecule has 2 rings (SSSR count). The number of carbonyl (C=O) groups excluding carboxylic acids is 1. The van der Waals surface area contributed by atoms with Gasteiger partial charge in [0.05, 0.1) is 0 Å². The molecule has 0 bridgehead atoms. The van der Waals surface area contributed by atoms with Gasteiger partial charge < -0.3 is 5.32 Å². The topological polar surface area (TPSA) is 29.1 Å². The van der Waals surface area contributed by atoms with Gasteiger partial charge in [0.25, 0.3) is 0 Å². The SMILES string of the molecule is CC(C)SC1CCC2CC(=O)NC2C1. The molecule has 2 nitrogen and oxygen atoms in total. The van der Waals surface area contributed by atoms with Crippen LogP contribution in [-0.4, -0.2) is 22.4 Å². The van der Waals surface area contributed by atoms with Crippen molar-refractivity contribution in [3.8, 4) is 0 Å². The first-order valence-electron chi connectivity index (χ1n) is 5.60. The summed E-state index contributed by atoms with van der Waals surface area (Å²) in [6, 6.07) is 0.493. The van der Waals surface area contributed by atoms with Gasteiger partial charge in [0.2, 0.25) is 5.91 Å². The number of rotatable bonds is 2. The van der Waals surface area contributed by atoms with Crippen molar-refractivity contribution < 1.29 is 4.79 Å². The fourth-order valence-electron chi connectivity index (χ4n) is 2.63. The normalized spacial score (nSPS) is 37.1. The second-order valence-electron chi connectivity index (χ2n) is 4.76. The lowest BCUT2D eigenvalue weighted by atomic mass is 9.85. The monoisotopic (exact) mass is 213 g/mol. The minimum Gasteiger partial charge on any atom is -0.353 e. The lowest BCUT2D eigenvalue weighted by Crippen LogP contribution is -2.36. The Labute approximate surface area is 90.2 Å². The zero-order valence-electron chi connectivity index (χ0n) is 8.95. The molecule has 3 unspecified atom stereocenters. The van der Waals surface area contributed by atoms with E-state index < -0.39 is 0 Å².